The molecule has 1 saturated heterocycles. The van der Waals surface area contributed by atoms with Gasteiger partial charge in [-0.25, -0.2) is 9.97 Å². The van der Waals surface area contributed by atoms with Crippen molar-refractivity contribution in [3.63, 3.8) is 0 Å². The van der Waals surface area contributed by atoms with Gasteiger partial charge in [0, 0.05) is 55.1 Å². The molecule has 2 aromatic carbocycles. The molecule has 5 nitrogen and oxygen atoms in total. The van der Waals surface area contributed by atoms with Crippen molar-refractivity contribution < 1.29 is 18.0 Å². The SMILES string of the molecule is Cc1ccc(CC(=O)c2ccc(C3CCCN(C(C)C)C3)cc2C(F)(F)F)cc1Cc1nccc(-c2cccnc2)n1. The zero-order valence-electron chi connectivity index (χ0n) is 24.2. The van der Waals surface area contributed by atoms with Crippen molar-refractivity contribution in [2.45, 2.75) is 64.6 Å². The number of halogens is 3. The van der Waals surface area contributed by atoms with E-state index in [1.54, 1.807) is 30.7 Å². The second-order valence-electron chi connectivity index (χ2n) is 11.4. The van der Waals surface area contributed by atoms with Gasteiger partial charge < -0.3 is 4.90 Å². The monoisotopic (exact) mass is 572 g/mol. The van der Waals surface area contributed by atoms with Crippen LogP contribution in [0.15, 0.2) is 73.2 Å². The standard InChI is InChI=1S/C34H35F3N4O/c1-22(2)41-15-5-7-27(21-41)25-10-11-29(30(18-25)34(35,36)37)32(42)17-24-9-8-23(3)28(16-24)19-33-39-14-12-31(40-33)26-6-4-13-38-20-26/h4,6,8-14,16,18,20,22,27H,5,7,15,17,19,21H2,1-3H3. The number of benzene rings is 2. The van der Waals surface area contributed by atoms with Crippen LogP contribution < -0.4 is 0 Å². The summed E-state index contributed by atoms with van der Waals surface area (Å²) < 4.78 is 42.7. The van der Waals surface area contributed by atoms with Crippen molar-refractivity contribution in [1.29, 1.82) is 0 Å². The molecule has 0 amide bonds. The van der Waals surface area contributed by atoms with Gasteiger partial charge in [0.15, 0.2) is 5.78 Å². The van der Waals surface area contributed by atoms with Crippen molar-refractivity contribution in [3.05, 3.63) is 112 Å². The maximum atomic E-state index is 14.2. The van der Waals surface area contributed by atoms with Crippen LogP contribution in [0.2, 0.25) is 0 Å². The number of rotatable bonds is 8. The second kappa shape index (κ2) is 12.5. The van der Waals surface area contributed by atoms with Gasteiger partial charge in [-0.2, -0.15) is 13.2 Å². The molecule has 2 aromatic heterocycles. The van der Waals surface area contributed by atoms with Crippen LogP contribution in [0.4, 0.5) is 13.2 Å². The van der Waals surface area contributed by atoms with Gasteiger partial charge in [0.05, 0.1) is 11.3 Å². The van der Waals surface area contributed by atoms with Crippen LogP contribution in [-0.2, 0) is 19.0 Å². The van der Waals surface area contributed by atoms with Crippen molar-refractivity contribution in [2.75, 3.05) is 13.1 Å². The number of carbonyl (C=O) groups excluding carboxylic acids is 1. The minimum Gasteiger partial charge on any atom is -0.300 e. The molecule has 1 aliphatic rings. The molecule has 42 heavy (non-hydrogen) atoms. The van der Waals surface area contributed by atoms with E-state index in [1.165, 1.54) is 12.1 Å². The summed E-state index contributed by atoms with van der Waals surface area (Å²) in [4.78, 5) is 28.9. The number of piperidine rings is 1. The van der Waals surface area contributed by atoms with Crippen molar-refractivity contribution >= 4 is 5.78 Å². The quantitative estimate of drug-likeness (QED) is 0.205. The highest BCUT2D eigenvalue weighted by atomic mass is 19.4. The van der Waals surface area contributed by atoms with Crippen LogP contribution in [0.1, 0.15) is 76.6 Å². The van der Waals surface area contributed by atoms with E-state index in [0.29, 0.717) is 29.4 Å². The Hall–Kier alpha value is -3.91. The van der Waals surface area contributed by atoms with Gasteiger partial charge in [0.2, 0.25) is 0 Å². The van der Waals surface area contributed by atoms with Crippen molar-refractivity contribution in [1.82, 2.24) is 19.9 Å². The molecule has 1 fully saturated rings. The van der Waals surface area contributed by atoms with Gasteiger partial charge in [0.1, 0.15) is 5.82 Å². The van der Waals surface area contributed by atoms with Gasteiger partial charge >= 0.3 is 6.18 Å². The maximum absolute atomic E-state index is 14.2. The van der Waals surface area contributed by atoms with E-state index in [1.807, 2.05) is 37.3 Å². The number of ketones is 1. The van der Waals surface area contributed by atoms with E-state index in [-0.39, 0.29) is 17.9 Å². The molecule has 3 heterocycles. The number of hydrogen-bond acceptors (Lipinski definition) is 5. The van der Waals surface area contributed by atoms with E-state index in [4.69, 9.17) is 0 Å². The molecule has 0 spiro atoms. The zero-order valence-corrected chi connectivity index (χ0v) is 24.2. The Kier molecular flexibility index (Phi) is 8.82. The molecular weight excluding hydrogens is 537 g/mol. The first kappa shape index (κ1) is 29.6. The molecule has 1 unspecified atom stereocenters. The zero-order chi connectivity index (χ0) is 29.9. The molecule has 0 radical (unpaired) electrons. The maximum Gasteiger partial charge on any atom is 0.417 e. The fourth-order valence-corrected chi connectivity index (χ4v) is 5.68. The first-order chi connectivity index (χ1) is 20.1. The lowest BCUT2D eigenvalue weighted by atomic mass is 9.87. The van der Waals surface area contributed by atoms with E-state index in [9.17, 15) is 18.0 Å². The second-order valence-corrected chi connectivity index (χ2v) is 11.4. The molecular formula is C34H35F3N4O. The summed E-state index contributed by atoms with van der Waals surface area (Å²) in [5.41, 5.74) is 3.72. The van der Waals surface area contributed by atoms with E-state index >= 15 is 0 Å². The normalized spacial score (nSPS) is 16.1. The third-order valence-electron chi connectivity index (χ3n) is 8.09. The van der Waals surface area contributed by atoms with Gasteiger partial charge in [-0.15, -0.1) is 0 Å². The van der Waals surface area contributed by atoms with Gasteiger partial charge in [-0.05, 0) is 92.6 Å². The number of Topliss-reactive ketones (excluding diaryl/α,β-unsaturated/α-hetero) is 1. The first-order valence-corrected chi connectivity index (χ1v) is 14.4. The number of nitrogens with zero attached hydrogens (tertiary/aromatic N) is 4. The van der Waals surface area contributed by atoms with E-state index in [2.05, 4.69) is 33.7 Å². The Balaban J connectivity index is 1.36. The van der Waals surface area contributed by atoms with Crippen LogP contribution in [0.5, 0.6) is 0 Å². The lowest BCUT2D eigenvalue weighted by Gasteiger charge is -2.36. The molecule has 0 bridgehead atoms. The summed E-state index contributed by atoms with van der Waals surface area (Å²) in [5, 5.41) is 0. The molecule has 8 heteroatoms. The smallest absolute Gasteiger partial charge is 0.300 e. The van der Waals surface area contributed by atoms with Gasteiger partial charge in [0.25, 0.3) is 0 Å². The van der Waals surface area contributed by atoms with Crippen LogP contribution in [-0.4, -0.2) is 44.8 Å². The van der Waals surface area contributed by atoms with Crippen LogP contribution >= 0.6 is 0 Å². The number of aromatic nitrogens is 3. The minimum absolute atomic E-state index is 0.0185. The van der Waals surface area contributed by atoms with E-state index < -0.39 is 17.5 Å². The lowest BCUT2D eigenvalue weighted by Crippen LogP contribution is -2.39. The highest BCUT2D eigenvalue weighted by Gasteiger charge is 2.36. The number of pyridine rings is 1. The average molecular weight is 573 g/mol. The predicted molar refractivity (Wildman–Crippen MR) is 157 cm³/mol. The Bertz CT molecular complexity index is 1550. The molecule has 1 aliphatic heterocycles. The van der Waals surface area contributed by atoms with Crippen molar-refractivity contribution in [3.8, 4) is 11.3 Å². The van der Waals surface area contributed by atoms with Gasteiger partial charge in [-0.3, -0.25) is 9.78 Å². The lowest BCUT2D eigenvalue weighted by molar-refractivity contribution is -0.138. The third kappa shape index (κ3) is 6.93. The molecule has 4 aromatic rings. The van der Waals surface area contributed by atoms with Gasteiger partial charge in [-0.1, -0.05) is 30.3 Å². The third-order valence-corrected chi connectivity index (χ3v) is 8.09. The minimum atomic E-state index is -4.62. The predicted octanol–water partition coefficient (Wildman–Crippen LogP) is 7.47. The van der Waals surface area contributed by atoms with Crippen molar-refractivity contribution in [2.24, 2.45) is 0 Å². The number of carbonyl (C=O) groups is 1. The number of aryl methyl sites for hydroxylation is 1. The average Bonchev–Trinajstić information content (AvgIpc) is 2.99. The number of hydrogen-bond donors (Lipinski definition) is 0. The Morgan fingerprint density at radius 2 is 1.90 bits per heavy atom. The molecule has 0 saturated carbocycles. The Morgan fingerprint density at radius 1 is 1.07 bits per heavy atom. The molecule has 0 aliphatic carbocycles. The molecule has 1 atom stereocenters. The molecule has 218 valence electrons. The van der Waals surface area contributed by atoms with Crippen LogP contribution in [0.3, 0.4) is 0 Å². The summed E-state index contributed by atoms with van der Waals surface area (Å²) in [6, 6.07) is 15.8. The first-order valence-electron chi connectivity index (χ1n) is 14.4. The number of alkyl halides is 3. The Labute approximate surface area is 244 Å². The number of likely N-dealkylation sites (tertiary alicyclic amines) is 1. The topological polar surface area (TPSA) is 59.0 Å². The summed E-state index contributed by atoms with van der Waals surface area (Å²) >= 11 is 0. The molecule has 5 rings (SSSR count). The summed E-state index contributed by atoms with van der Waals surface area (Å²) in [5.74, 6) is 0.0764. The van der Waals surface area contributed by atoms with Crippen LogP contribution in [0.25, 0.3) is 11.3 Å². The summed E-state index contributed by atoms with van der Waals surface area (Å²) in [7, 11) is 0. The summed E-state index contributed by atoms with van der Waals surface area (Å²) in [6.45, 7) is 7.85. The fourth-order valence-electron chi connectivity index (χ4n) is 5.68. The Morgan fingerprint density at radius 3 is 2.64 bits per heavy atom. The summed E-state index contributed by atoms with van der Waals surface area (Å²) in [6.07, 6.45) is 2.60. The molecule has 0 N–H and O–H groups in total. The van der Waals surface area contributed by atoms with E-state index in [0.717, 1.165) is 48.3 Å². The largest absolute Gasteiger partial charge is 0.417 e. The highest BCUT2D eigenvalue weighted by molar-refractivity contribution is 5.99. The fraction of sp³-hybridized carbons (Fsp3) is 0.353. The highest BCUT2D eigenvalue weighted by Crippen LogP contribution is 2.37. The van der Waals surface area contributed by atoms with Crippen LogP contribution in [0, 0.1) is 6.92 Å².